The quantitative estimate of drug-likeness (QED) is 0.856. The molecule has 2 heterocycles. The highest BCUT2D eigenvalue weighted by atomic mass is 32.2. The molecular formula is C11H19N3S. The van der Waals surface area contributed by atoms with Gasteiger partial charge in [-0.1, -0.05) is 6.92 Å². The van der Waals surface area contributed by atoms with Gasteiger partial charge in [-0.15, -0.1) is 0 Å². The summed E-state index contributed by atoms with van der Waals surface area (Å²) in [6.45, 7) is 2.16. The zero-order valence-corrected chi connectivity index (χ0v) is 10.3. The van der Waals surface area contributed by atoms with Crippen LogP contribution in [0.4, 0.5) is 5.69 Å². The number of hydrogen-bond acceptors (Lipinski definition) is 3. The summed E-state index contributed by atoms with van der Waals surface area (Å²) in [6.07, 6.45) is 5.66. The number of nitrogens with one attached hydrogen (secondary N) is 1. The lowest BCUT2D eigenvalue weighted by Crippen LogP contribution is -2.24. The largest absolute Gasteiger partial charge is 0.379 e. The third kappa shape index (κ3) is 2.68. The van der Waals surface area contributed by atoms with E-state index in [1.807, 2.05) is 11.7 Å². The van der Waals surface area contributed by atoms with Gasteiger partial charge in [0.15, 0.2) is 0 Å². The van der Waals surface area contributed by atoms with Gasteiger partial charge in [0.25, 0.3) is 0 Å². The molecule has 0 spiro atoms. The van der Waals surface area contributed by atoms with Crippen LogP contribution in [0.1, 0.15) is 25.5 Å². The molecule has 3 nitrogen and oxygen atoms in total. The molecule has 1 aromatic rings. The van der Waals surface area contributed by atoms with Gasteiger partial charge in [-0.05, 0) is 30.8 Å². The van der Waals surface area contributed by atoms with E-state index in [9.17, 15) is 0 Å². The van der Waals surface area contributed by atoms with Crippen LogP contribution in [-0.4, -0.2) is 27.3 Å². The van der Waals surface area contributed by atoms with Gasteiger partial charge in [-0.25, -0.2) is 0 Å². The molecule has 0 amide bonds. The minimum Gasteiger partial charge on any atom is -0.379 e. The topological polar surface area (TPSA) is 29.9 Å². The van der Waals surface area contributed by atoms with Gasteiger partial charge < -0.3 is 5.32 Å². The molecule has 1 aliphatic rings. The van der Waals surface area contributed by atoms with E-state index >= 15 is 0 Å². The number of nitrogens with zero attached hydrogens (tertiary/aromatic N) is 2. The molecular weight excluding hydrogens is 206 g/mol. The highest BCUT2D eigenvalue weighted by Gasteiger charge is 2.15. The molecule has 1 fully saturated rings. The summed E-state index contributed by atoms with van der Waals surface area (Å²) in [6, 6.07) is 0.653. The maximum absolute atomic E-state index is 4.44. The number of aryl methyl sites for hydroxylation is 2. The molecule has 1 aliphatic heterocycles. The summed E-state index contributed by atoms with van der Waals surface area (Å²) >= 11 is 2.06. The first kappa shape index (κ1) is 10.9. The van der Waals surface area contributed by atoms with E-state index < -0.39 is 0 Å². The second-order valence-corrected chi connectivity index (χ2v) is 5.27. The van der Waals surface area contributed by atoms with E-state index in [0.717, 1.165) is 6.42 Å². The van der Waals surface area contributed by atoms with Crippen molar-refractivity contribution in [2.45, 2.75) is 32.2 Å². The minimum absolute atomic E-state index is 0.653. The van der Waals surface area contributed by atoms with Crippen LogP contribution in [0, 0.1) is 0 Å². The Morgan fingerprint density at radius 1 is 1.53 bits per heavy atom. The molecule has 15 heavy (non-hydrogen) atoms. The van der Waals surface area contributed by atoms with Gasteiger partial charge in [0.2, 0.25) is 0 Å². The standard InChI is InChI=1S/C11H19N3S/c1-3-10-11(8-14(2)13-10)12-9-4-6-15-7-5-9/h8-9,12H,3-7H2,1-2H3. The number of anilines is 1. The van der Waals surface area contributed by atoms with Crippen molar-refractivity contribution in [2.75, 3.05) is 16.8 Å². The lowest BCUT2D eigenvalue weighted by molar-refractivity contribution is 0.666. The summed E-state index contributed by atoms with van der Waals surface area (Å²) in [7, 11) is 1.99. The number of rotatable bonds is 3. The van der Waals surface area contributed by atoms with E-state index in [0.29, 0.717) is 6.04 Å². The predicted molar refractivity (Wildman–Crippen MR) is 66.6 cm³/mol. The highest BCUT2D eigenvalue weighted by molar-refractivity contribution is 7.99. The second-order valence-electron chi connectivity index (χ2n) is 4.05. The van der Waals surface area contributed by atoms with Crippen LogP contribution in [-0.2, 0) is 13.5 Å². The lowest BCUT2D eigenvalue weighted by atomic mass is 10.1. The Kier molecular flexibility index (Phi) is 3.57. The van der Waals surface area contributed by atoms with Gasteiger partial charge in [-0.3, -0.25) is 4.68 Å². The molecule has 0 atom stereocenters. The summed E-state index contributed by atoms with van der Waals surface area (Å²) in [5.41, 5.74) is 2.42. The Bertz CT molecular complexity index is 316. The molecule has 0 unspecified atom stereocenters. The Morgan fingerprint density at radius 3 is 2.93 bits per heavy atom. The fraction of sp³-hybridized carbons (Fsp3) is 0.727. The first-order valence-corrected chi connectivity index (χ1v) is 6.82. The molecule has 1 saturated heterocycles. The smallest absolute Gasteiger partial charge is 0.0853 e. The van der Waals surface area contributed by atoms with Gasteiger partial charge in [0.1, 0.15) is 0 Å². The summed E-state index contributed by atoms with van der Waals surface area (Å²) in [4.78, 5) is 0. The third-order valence-corrected chi connectivity index (χ3v) is 3.87. The van der Waals surface area contributed by atoms with E-state index in [2.05, 4.69) is 35.3 Å². The molecule has 84 valence electrons. The third-order valence-electron chi connectivity index (χ3n) is 2.82. The molecule has 0 aliphatic carbocycles. The fourth-order valence-electron chi connectivity index (χ4n) is 1.98. The van der Waals surface area contributed by atoms with Crippen molar-refractivity contribution in [3.63, 3.8) is 0 Å². The van der Waals surface area contributed by atoms with Gasteiger partial charge in [0.05, 0.1) is 11.4 Å². The van der Waals surface area contributed by atoms with Crippen LogP contribution >= 0.6 is 11.8 Å². The molecule has 0 radical (unpaired) electrons. The Labute approximate surface area is 95.6 Å². The van der Waals surface area contributed by atoms with Crippen molar-refractivity contribution in [2.24, 2.45) is 7.05 Å². The zero-order chi connectivity index (χ0) is 10.7. The van der Waals surface area contributed by atoms with E-state index in [-0.39, 0.29) is 0 Å². The van der Waals surface area contributed by atoms with Crippen molar-refractivity contribution in [1.29, 1.82) is 0 Å². The number of hydrogen-bond donors (Lipinski definition) is 1. The van der Waals surface area contributed by atoms with E-state index in [1.165, 1.54) is 35.7 Å². The fourth-order valence-corrected chi connectivity index (χ4v) is 3.08. The maximum atomic E-state index is 4.44. The van der Waals surface area contributed by atoms with Crippen LogP contribution < -0.4 is 5.32 Å². The first-order chi connectivity index (χ1) is 7.29. The molecule has 0 saturated carbocycles. The van der Waals surface area contributed by atoms with Crippen molar-refractivity contribution in [3.05, 3.63) is 11.9 Å². The van der Waals surface area contributed by atoms with Crippen LogP contribution in [0.2, 0.25) is 0 Å². The van der Waals surface area contributed by atoms with E-state index in [4.69, 9.17) is 0 Å². The predicted octanol–water partition coefficient (Wildman–Crippen LogP) is 2.29. The second kappa shape index (κ2) is 4.92. The summed E-state index contributed by atoms with van der Waals surface area (Å²) in [5.74, 6) is 2.58. The Balaban J connectivity index is 2.02. The summed E-state index contributed by atoms with van der Waals surface area (Å²) in [5, 5.41) is 8.07. The Morgan fingerprint density at radius 2 is 2.27 bits per heavy atom. The normalized spacial score (nSPS) is 18.0. The van der Waals surface area contributed by atoms with Gasteiger partial charge in [-0.2, -0.15) is 16.9 Å². The molecule has 0 bridgehead atoms. The van der Waals surface area contributed by atoms with Crippen molar-refractivity contribution in [1.82, 2.24) is 9.78 Å². The van der Waals surface area contributed by atoms with Gasteiger partial charge >= 0.3 is 0 Å². The van der Waals surface area contributed by atoms with Crippen molar-refractivity contribution >= 4 is 17.4 Å². The number of aromatic nitrogens is 2. The Hall–Kier alpha value is -0.640. The SMILES string of the molecule is CCc1nn(C)cc1NC1CCSCC1. The lowest BCUT2D eigenvalue weighted by Gasteiger charge is -2.23. The zero-order valence-electron chi connectivity index (χ0n) is 9.49. The van der Waals surface area contributed by atoms with E-state index in [1.54, 1.807) is 0 Å². The van der Waals surface area contributed by atoms with Crippen LogP contribution in [0.15, 0.2) is 6.20 Å². The average Bonchev–Trinajstić information content (AvgIpc) is 2.60. The first-order valence-electron chi connectivity index (χ1n) is 5.66. The molecule has 1 aromatic heterocycles. The average molecular weight is 225 g/mol. The maximum Gasteiger partial charge on any atom is 0.0853 e. The monoisotopic (exact) mass is 225 g/mol. The molecule has 0 aromatic carbocycles. The van der Waals surface area contributed by atoms with Gasteiger partial charge in [0, 0.05) is 19.3 Å². The highest BCUT2D eigenvalue weighted by Crippen LogP contribution is 2.22. The van der Waals surface area contributed by atoms with Crippen molar-refractivity contribution in [3.8, 4) is 0 Å². The summed E-state index contributed by atoms with van der Waals surface area (Å²) < 4.78 is 1.90. The minimum atomic E-state index is 0.653. The molecule has 1 N–H and O–H groups in total. The van der Waals surface area contributed by atoms with Crippen molar-refractivity contribution < 1.29 is 0 Å². The van der Waals surface area contributed by atoms with Crippen LogP contribution in [0.5, 0.6) is 0 Å². The van der Waals surface area contributed by atoms with Crippen LogP contribution in [0.3, 0.4) is 0 Å². The molecule has 4 heteroatoms. The van der Waals surface area contributed by atoms with Crippen LogP contribution in [0.25, 0.3) is 0 Å². The number of thioether (sulfide) groups is 1. The molecule has 2 rings (SSSR count).